The number of piperidine rings is 2. The van der Waals surface area contributed by atoms with E-state index in [2.05, 4.69) is 20.9 Å². The second kappa shape index (κ2) is 9.47. The Kier molecular flexibility index (Phi) is 7.03. The van der Waals surface area contributed by atoms with E-state index in [4.69, 9.17) is 4.74 Å². The Morgan fingerprint density at radius 1 is 1.19 bits per heavy atom. The molecule has 0 unspecified atom stereocenters. The minimum atomic E-state index is 0.339. The Morgan fingerprint density at radius 2 is 2.04 bits per heavy atom. The predicted octanol–water partition coefficient (Wildman–Crippen LogP) is 2.76. The van der Waals surface area contributed by atoms with Crippen molar-refractivity contribution in [3.63, 3.8) is 0 Å². The van der Waals surface area contributed by atoms with Crippen LogP contribution in [0.15, 0.2) is 24.5 Å². The number of nitrogens with zero attached hydrogens (tertiary/aromatic N) is 3. The molecule has 0 aliphatic carbocycles. The third kappa shape index (κ3) is 5.27. The normalized spacial score (nSPS) is 20.7. The lowest BCUT2D eigenvalue weighted by Gasteiger charge is -2.47. The molecule has 3 heterocycles. The molecule has 2 saturated heterocycles. The zero-order valence-corrected chi connectivity index (χ0v) is 16.2. The molecule has 0 N–H and O–H groups in total. The smallest absolute Gasteiger partial charge is 0.222 e. The first-order chi connectivity index (χ1) is 12.7. The lowest BCUT2D eigenvalue weighted by molar-refractivity contribution is -0.139. The van der Waals surface area contributed by atoms with Gasteiger partial charge in [-0.15, -0.1) is 0 Å². The van der Waals surface area contributed by atoms with Crippen LogP contribution < -0.4 is 0 Å². The largest absolute Gasteiger partial charge is 0.385 e. The summed E-state index contributed by atoms with van der Waals surface area (Å²) in [5, 5.41) is 0. The van der Waals surface area contributed by atoms with Gasteiger partial charge in [0.1, 0.15) is 0 Å². The number of methoxy groups -OCH3 is 1. The van der Waals surface area contributed by atoms with E-state index in [1.165, 1.54) is 44.5 Å². The Hall–Kier alpha value is -1.46. The molecule has 5 nitrogen and oxygen atoms in total. The SMILES string of the molecule is COCCCN1CC2(CCC1=O)CCN(CCCc1cccnc1)CC2. The monoisotopic (exact) mass is 359 g/mol. The van der Waals surface area contributed by atoms with Crippen LogP contribution in [0.1, 0.15) is 44.1 Å². The molecule has 0 aromatic carbocycles. The maximum atomic E-state index is 12.2. The predicted molar refractivity (Wildman–Crippen MR) is 103 cm³/mol. The third-order valence-electron chi connectivity index (χ3n) is 6.10. The number of rotatable bonds is 8. The van der Waals surface area contributed by atoms with Crippen molar-refractivity contribution in [2.45, 2.75) is 44.9 Å². The van der Waals surface area contributed by atoms with Crippen LogP contribution in [0.3, 0.4) is 0 Å². The average Bonchev–Trinajstić information content (AvgIpc) is 2.67. The van der Waals surface area contributed by atoms with Crippen molar-refractivity contribution in [1.82, 2.24) is 14.8 Å². The molecule has 2 aliphatic heterocycles. The second-order valence-electron chi connectivity index (χ2n) is 7.97. The molecule has 1 amide bonds. The molecule has 0 radical (unpaired) electrons. The molecule has 0 bridgehead atoms. The van der Waals surface area contributed by atoms with E-state index in [0.29, 0.717) is 11.3 Å². The topological polar surface area (TPSA) is 45.7 Å². The first-order valence-corrected chi connectivity index (χ1v) is 10.1. The zero-order chi connectivity index (χ0) is 18.2. The summed E-state index contributed by atoms with van der Waals surface area (Å²) in [4.78, 5) is 21.1. The summed E-state index contributed by atoms with van der Waals surface area (Å²) in [6.07, 6.45) is 11.3. The van der Waals surface area contributed by atoms with E-state index in [-0.39, 0.29) is 0 Å². The lowest BCUT2D eigenvalue weighted by Crippen LogP contribution is -2.51. The summed E-state index contributed by atoms with van der Waals surface area (Å²) in [6, 6.07) is 4.18. The Labute approximate surface area is 157 Å². The Balaban J connectivity index is 1.41. The number of hydrogen-bond donors (Lipinski definition) is 0. The number of ether oxygens (including phenoxy) is 1. The zero-order valence-electron chi connectivity index (χ0n) is 16.2. The molecular weight excluding hydrogens is 326 g/mol. The first kappa shape index (κ1) is 19.3. The van der Waals surface area contributed by atoms with Crippen molar-refractivity contribution in [2.24, 2.45) is 5.41 Å². The average molecular weight is 360 g/mol. The van der Waals surface area contributed by atoms with Crippen LogP contribution in [0, 0.1) is 5.41 Å². The van der Waals surface area contributed by atoms with Gasteiger partial charge in [0.2, 0.25) is 5.91 Å². The summed E-state index contributed by atoms with van der Waals surface area (Å²) in [7, 11) is 1.73. The highest BCUT2D eigenvalue weighted by Gasteiger charge is 2.40. The Morgan fingerprint density at radius 3 is 2.77 bits per heavy atom. The van der Waals surface area contributed by atoms with Gasteiger partial charge in [-0.2, -0.15) is 0 Å². The molecular formula is C21H33N3O2. The van der Waals surface area contributed by atoms with E-state index in [9.17, 15) is 4.79 Å². The number of likely N-dealkylation sites (tertiary alicyclic amines) is 2. The van der Waals surface area contributed by atoms with Gasteiger partial charge in [-0.25, -0.2) is 0 Å². The van der Waals surface area contributed by atoms with Gasteiger partial charge >= 0.3 is 0 Å². The molecule has 2 aliphatic rings. The molecule has 3 rings (SSSR count). The van der Waals surface area contributed by atoms with Crippen molar-refractivity contribution in [3.8, 4) is 0 Å². The summed E-state index contributed by atoms with van der Waals surface area (Å²) in [5.41, 5.74) is 1.69. The van der Waals surface area contributed by atoms with Gasteiger partial charge in [0, 0.05) is 45.6 Å². The number of hydrogen-bond acceptors (Lipinski definition) is 4. The number of aryl methyl sites for hydroxylation is 1. The number of amides is 1. The maximum absolute atomic E-state index is 12.2. The van der Waals surface area contributed by atoms with Gasteiger partial charge in [0.05, 0.1) is 0 Å². The van der Waals surface area contributed by atoms with Crippen LogP contribution in [0.25, 0.3) is 0 Å². The molecule has 144 valence electrons. The molecule has 5 heteroatoms. The van der Waals surface area contributed by atoms with Crippen molar-refractivity contribution < 1.29 is 9.53 Å². The van der Waals surface area contributed by atoms with E-state index in [1.54, 1.807) is 7.11 Å². The van der Waals surface area contributed by atoms with E-state index >= 15 is 0 Å². The molecule has 1 aromatic heterocycles. The van der Waals surface area contributed by atoms with Crippen molar-refractivity contribution in [3.05, 3.63) is 30.1 Å². The van der Waals surface area contributed by atoms with Gasteiger partial charge in [-0.05, 0) is 75.2 Å². The Bertz CT molecular complexity index is 556. The molecule has 1 aromatic rings. The fraction of sp³-hybridized carbons (Fsp3) is 0.714. The quantitative estimate of drug-likeness (QED) is 0.670. The number of pyridine rings is 1. The van der Waals surface area contributed by atoms with E-state index < -0.39 is 0 Å². The highest BCUT2D eigenvalue weighted by Crippen LogP contribution is 2.40. The number of aromatic nitrogens is 1. The van der Waals surface area contributed by atoms with Gasteiger partial charge in [0.15, 0.2) is 0 Å². The lowest BCUT2D eigenvalue weighted by atomic mass is 9.72. The van der Waals surface area contributed by atoms with Crippen molar-refractivity contribution in [2.75, 3.05) is 46.4 Å². The van der Waals surface area contributed by atoms with Gasteiger partial charge in [-0.3, -0.25) is 9.78 Å². The third-order valence-corrected chi connectivity index (χ3v) is 6.10. The second-order valence-corrected chi connectivity index (χ2v) is 7.97. The van der Waals surface area contributed by atoms with Crippen molar-refractivity contribution >= 4 is 5.91 Å². The summed E-state index contributed by atoms with van der Waals surface area (Å²) >= 11 is 0. The fourth-order valence-corrected chi connectivity index (χ4v) is 4.42. The van der Waals surface area contributed by atoms with Gasteiger partial charge in [-0.1, -0.05) is 6.07 Å². The minimum Gasteiger partial charge on any atom is -0.385 e. The van der Waals surface area contributed by atoms with Crippen LogP contribution in [0.5, 0.6) is 0 Å². The highest BCUT2D eigenvalue weighted by molar-refractivity contribution is 5.77. The van der Waals surface area contributed by atoms with Crippen LogP contribution in [0.4, 0.5) is 0 Å². The van der Waals surface area contributed by atoms with E-state index in [0.717, 1.165) is 45.4 Å². The minimum absolute atomic E-state index is 0.339. The summed E-state index contributed by atoms with van der Waals surface area (Å²) in [6.45, 7) is 6.06. The fourth-order valence-electron chi connectivity index (χ4n) is 4.42. The molecule has 1 spiro atoms. The van der Waals surface area contributed by atoms with Gasteiger partial charge < -0.3 is 14.5 Å². The first-order valence-electron chi connectivity index (χ1n) is 10.1. The molecule has 0 saturated carbocycles. The van der Waals surface area contributed by atoms with Crippen LogP contribution >= 0.6 is 0 Å². The summed E-state index contributed by atoms with van der Waals surface area (Å²) in [5.74, 6) is 0.339. The number of carbonyl (C=O) groups excluding carboxylic acids is 1. The molecule has 26 heavy (non-hydrogen) atoms. The summed E-state index contributed by atoms with van der Waals surface area (Å²) < 4.78 is 5.14. The standard InChI is InChI=1S/C21H33N3O2/c1-26-16-4-13-24-18-21(8-7-20(24)25)9-14-23(15-10-21)12-3-6-19-5-2-11-22-17-19/h2,5,11,17H,3-4,6-10,12-16,18H2,1H3. The van der Waals surface area contributed by atoms with Crippen LogP contribution in [-0.4, -0.2) is 67.1 Å². The van der Waals surface area contributed by atoms with E-state index in [1.807, 2.05) is 18.5 Å². The number of carbonyl (C=O) groups is 1. The molecule has 2 fully saturated rings. The maximum Gasteiger partial charge on any atom is 0.222 e. The van der Waals surface area contributed by atoms with Crippen molar-refractivity contribution in [1.29, 1.82) is 0 Å². The van der Waals surface area contributed by atoms with Crippen LogP contribution in [0.2, 0.25) is 0 Å². The highest BCUT2D eigenvalue weighted by atomic mass is 16.5. The van der Waals surface area contributed by atoms with Crippen LogP contribution in [-0.2, 0) is 16.0 Å². The molecule has 0 atom stereocenters. The van der Waals surface area contributed by atoms with Gasteiger partial charge in [0.25, 0.3) is 0 Å².